The average Bonchev–Trinajstić information content (AvgIpc) is 2.00. The number of nitrogens with zero attached hydrogens (tertiary/aromatic N) is 1. The van der Waals surface area contributed by atoms with Gasteiger partial charge in [-0.25, -0.2) is 0 Å². The number of hydrogen-bond donors (Lipinski definition) is 1. The molecule has 0 saturated carbocycles. The zero-order valence-electron chi connectivity index (χ0n) is 10.1. The van der Waals surface area contributed by atoms with Crippen molar-refractivity contribution in [3.63, 3.8) is 0 Å². The van der Waals surface area contributed by atoms with Crippen LogP contribution in [0.2, 0.25) is 0 Å². The number of nitrogens with one attached hydrogen (secondary N) is 1. The standard InChI is InChI=1S/C11H23N2O/c1-7-9-11(4,5)12(6)10(2,3)8-13(9)14/h9,13H,1,7-8H2,2-6H3. The lowest BCUT2D eigenvalue weighted by atomic mass is 9.82. The monoisotopic (exact) mass is 199 g/mol. The van der Waals surface area contributed by atoms with E-state index in [2.05, 4.69) is 46.6 Å². The minimum absolute atomic E-state index is 0.0216. The largest absolute Gasteiger partial charge is 0.634 e. The summed E-state index contributed by atoms with van der Waals surface area (Å²) in [5.74, 6) is 0. The third kappa shape index (κ3) is 1.69. The van der Waals surface area contributed by atoms with Crippen LogP contribution < -0.4 is 5.06 Å². The molecule has 1 aliphatic rings. The summed E-state index contributed by atoms with van der Waals surface area (Å²) in [6.07, 6.45) is 0.701. The predicted molar refractivity (Wildman–Crippen MR) is 58.9 cm³/mol. The molecule has 0 bridgehead atoms. The molecule has 0 aliphatic carbocycles. The van der Waals surface area contributed by atoms with Crippen LogP contribution in [-0.2, 0) is 0 Å². The van der Waals surface area contributed by atoms with Gasteiger partial charge in [0.25, 0.3) is 0 Å². The van der Waals surface area contributed by atoms with E-state index in [0.29, 0.717) is 18.0 Å². The highest BCUT2D eigenvalue weighted by Gasteiger charge is 2.48. The molecule has 1 saturated heterocycles. The van der Waals surface area contributed by atoms with E-state index in [4.69, 9.17) is 0 Å². The Morgan fingerprint density at radius 3 is 2.36 bits per heavy atom. The van der Waals surface area contributed by atoms with Crippen molar-refractivity contribution in [1.29, 1.82) is 0 Å². The molecule has 0 amide bonds. The fraction of sp³-hybridized carbons (Fsp3) is 0.909. The van der Waals surface area contributed by atoms with Gasteiger partial charge in [-0.15, -0.1) is 0 Å². The van der Waals surface area contributed by atoms with Crippen LogP contribution in [0.3, 0.4) is 0 Å². The van der Waals surface area contributed by atoms with Crippen molar-refractivity contribution < 1.29 is 5.06 Å². The maximum Gasteiger partial charge on any atom is 0.105 e. The zero-order valence-corrected chi connectivity index (χ0v) is 10.1. The van der Waals surface area contributed by atoms with Crippen LogP contribution in [0.5, 0.6) is 0 Å². The minimum Gasteiger partial charge on any atom is -0.634 e. The first kappa shape index (κ1) is 12.0. The van der Waals surface area contributed by atoms with Crippen molar-refractivity contribution in [3.8, 4) is 0 Å². The van der Waals surface area contributed by atoms with E-state index in [1.165, 1.54) is 0 Å². The first-order valence-corrected chi connectivity index (χ1v) is 5.29. The van der Waals surface area contributed by atoms with Crippen LogP contribution in [0, 0.1) is 12.1 Å². The molecule has 1 fully saturated rings. The highest BCUT2D eigenvalue weighted by Crippen LogP contribution is 2.28. The molecule has 0 aromatic rings. The Labute approximate surface area is 87.7 Å². The Bertz CT molecular complexity index is 209. The smallest absolute Gasteiger partial charge is 0.105 e. The van der Waals surface area contributed by atoms with E-state index in [0.717, 1.165) is 0 Å². The third-order valence-electron chi connectivity index (χ3n) is 3.91. The predicted octanol–water partition coefficient (Wildman–Crippen LogP) is 0.464. The van der Waals surface area contributed by atoms with Gasteiger partial charge in [-0.05, 0) is 41.7 Å². The molecular formula is C11H23N2O. The normalized spacial score (nSPS) is 37.1. The Hall–Kier alpha value is -0.120. The summed E-state index contributed by atoms with van der Waals surface area (Å²) < 4.78 is 0. The van der Waals surface area contributed by atoms with Crippen molar-refractivity contribution in [2.75, 3.05) is 13.6 Å². The lowest BCUT2D eigenvalue weighted by Crippen LogP contribution is -3.18. The highest BCUT2D eigenvalue weighted by molar-refractivity contribution is 4.98. The first-order valence-electron chi connectivity index (χ1n) is 5.29. The fourth-order valence-electron chi connectivity index (χ4n) is 2.59. The second kappa shape index (κ2) is 3.47. The van der Waals surface area contributed by atoms with Gasteiger partial charge in [0.15, 0.2) is 0 Å². The number of quaternary nitrogens is 1. The van der Waals surface area contributed by atoms with Crippen molar-refractivity contribution >= 4 is 0 Å². The summed E-state index contributed by atoms with van der Waals surface area (Å²) in [5, 5.41) is 12.3. The van der Waals surface area contributed by atoms with Gasteiger partial charge in [0.05, 0.1) is 17.6 Å². The molecular weight excluding hydrogens is 176 g/mol. The second-order valence-electron chi connectivity index (χ2n) is 5.51. The van der Waals surface area contributed by atoms with Crippen LogP contribution in [-0.4, -0.2) is 35.6 Å². The van der Waals surface area contributed by atoms with E-state index in [1.54, 1.807) is 0 Å². The number of hydrogen-bond acceptors (Lipinski definition) is 2. The quantitative estimate of drug-likeness (QED) is 0.622. The molecule has 1 rings (SSSR count). The molecule has 2 atom stereocenters. The number of piperazine rings is 1. The molecule has 0 spiro atoms. The summed E-state index contributed by atoms with van der Waals surface area (Å²) in [7, 11) is 2.11. The Morgan fingerprint density at radius 1 is 1.43 bits per heavy atom. The van der Waals surface area contributed by atoms with Gasteiger partial charge < -0.3 is 10.3 Å². The van der Waals surface area contributed by atoms with Crippen LogP contribution in [0.15, 0.2) is 0 Å². The molecule has 1 heterocycles. The van der Waals surface area contributed by atoms with Gasteiger partial charge in [-0.1, -0.05) is 0 Å². The van der Waals surface area contributed by atoms with Crippen LogP contribution in [0.25, 0.3) is 0 Å². The summed E-state index contributed by atoms with van der Waals surface area (Å²) >= 11 is 0. The summed E-state index contributed by atoms with van der Waals surface area (Å²) in [4.78, 5) is 2.32. The molecule has 1 N–H and O–H groups in total. The highest BCUT2D eigenvalue weighted by atomic mass is 16.5. The molecule has 3 nitrogen and oxygen atoms in total. The second-order valence-corrected chi connectivity index (χ2v) is 5.51. The SMILES string of the molecule is [CH2]CC1[NH+]([O-])CC(C)(C)N(C)C1(C)C. The van der Waals surface area contributed by atoms with E-state index in [9.17, 15) is 5.21 Å². The van der Waals surface area contributed by atoms with Gasteiger partial charge in [-0.3, -0.25) is 4.90 Å². The minimum atomic E-state index is -0.0689. The maximum atomic E-state index is 11.9. The van der Waals surface area contributed by atoms with Gasteiger partial charge in [0.2, 0.25) is 0 Å². The molecule has 1 aliphatic heterocycles. The molecule has 1 radical (unpaired) electrons. The molecule has 83 valence electrons. The molecule has 14 heavy (non-hydrogen) atoms. The number of likely N-dealkylation sites (N-methyl/N-ethyl adjacent to an activating group) is 1. The van der Waals surface area contributed by atoms with E-state index < -0.39 is 0 Å². The van der Waals surface area contributed by atoms with Crippen molar-refractivity contribution in [2.24, 2.45) is 0 Å². The lowest BCUT2D eigenvalue weighted by Gasteiger charge is -2.58. The van der Waals surface area contributed by atoms with Crippen LogP contribution in [0.1, 0.15) is 34.1 Å². The zero-order chi connectivity index (χ0) is 11.1. The van der Waals surface area contributed by atoms with Crippen LogP contribution >= 0.6 is 0 Å². The van der Waals surface area contributed by atoms with Crippen LogP contribution in [0.4, 0.5) is 0 Å². The number of rotatable bonds is 1. The van der Waals surface area contributed by atoms with E-state index in [-0.39, 0.29) is 17.1 Å². The number of hydroxylamine groups is 2. The molecule has 0 aromatic carbocycles. The topological polar surface area (TPSA) is 30.7 Å². The average molecular weight is 199 g/mol. The van der Waals surface area contributed by atoms with Crippen molar-refractivity contribution in [3.05, 3.63) is 12.1 Å². The van der Waals surface area contributed by atoms with E-state index >= 15 is 0 Å². The summed E-state index contributed by atoms with van der Waals surface area (Å²) in [6.45, 7) is 13.1. The Morgan fingerprint density at radius 2 is 1.93 bits per heavy atom. The summed E-state index contributed by atoms with van der Waals surface area (Å²) in [5.41, 5.74) is -0.0904. The first-order chi connectivity index (χ1) is 6.23. The van der Waals surface area contributed by atoms with Gasteiger partial charge in [0.1, 0.15) is 6.04 Å². The third-order valence-corrected chi connectivity index (χ3v) is 3.91. The van der Waals surface area contributed by atoms with Gasteiger partial charge >= 0.3 is 0 Å². The summed E-state index contributed by atoms with van der Waals surface area (Å²) in [6, 6.07) is 0.0838. The fourth-order valence-corrected chi connectivity index (χ4v) is 2.59. The maximum absolute atomic E-state index is 11.9. The molecule has 0 aromatic heterocycles. The lowest BCUT2D eigenvalue weighted by molar-refractivity contribution is -0.896. The van der Waals surface area contributed by atoms with Gasteiger partial charge in [-0.2, -0.15) is 0 Å². The Kier molecular flexibility index (Phi) is 2.96. The molecule has 3 heteroatoms. The van der Waals surface area contributed by atoms with Crippen molar-refractivity contribution in [1.82, 2.24) is 4.90 Å². The molecule has 2 unspecified atom stereocenters. The van der Waals surface area contributed by atoms with E-state index in [1.807, 2.05) is 0 Å². The van der Waals surface area contributed by atoms with Crippen molar-refractivity contribution in [2.45, 2.75) is 51.2 Å². The van der Waals surface area contributed by atoms with Gasteiger partial charge in [0, 0.05) is 6.42 Å². The Balaban J connectivity index is 2.98.